The molecule has 0 aromatic heterocycles. The number of ether oxygens (including phenoxy) is 1. The van der Waals surface area contributed by atoms with Gasteiger partial charge in [0.1, 0.15) is 5.82 Å². The van der Waals surface area contributed by atoms with E-state index in [1.165, 1.54) is 22.7 Å². The van der Waals surface area contributed by atoms with Crippen LogP contribution >= 0.6 is 0 Å². The fraction of sp³-hybridized carbons (Fsp3) is 0.632. The lowest BCUT2D eigenvalue weighted by Crippen LogP contribution is -2.49. The van der Waals surface area contributed by atoms with Crippen LogP contribution in [0.25, 0.3) is 0 Å². The van der Waals surface area contributed by atoms with Gasteiger partial charge in [0.15, 0.2) is 0 Å². The number of nitrogens with zero attached hydrogens (tertiary/aromatic N) is 1. The largest absolute Gasteiger partial charge is 0.381 e. The van der Waals surface area contributed by atoms with E-state index < -0.39 is 10.0 Å². The van der Waals surface area contributed by atoms with E-state index in [0.29, 0.717) is 39.1 Å². The molecule has 0 unspecified atom stereocenters. The van der Waals surface area contributed by atoms with E-state index in [1.54, 1.807) is 12.1 Å². The fourth-order valence-electron chi connectivity index (χ4n) is 3.99. The molecule has 1 amide bonds. The minimum absolute atomic E-state index is 0.115. The maximum absolute atomic E-state index is 13.3. The quantitative estimate of drug-likeness (QED) is 0.819. The van der Waals surface area contributed by atoms with E-state index in [9.17, 15) is 17.6 Å². The van der Waals surface area contributed by atoms with Crippen molar-refractivity contribution in [2.75, 3.05) is 39.1 Å². The van der Waals surface area contributed by atoms with Crippen molar-refractivity contribution in [1.82, 2.24) is 9.62 Å². The van der Waals surface area contributed by atoms with Crippen LogP contribution in [0.4, 0.5) is 4.39 Å². The molecule has 0 radical (unpaired) electrons. The average Bonchev–Trinajstić information content (AvgIpc) is 2.67. The summed E-state index contributed by atoms with van der Waals surface area (Å²) in [6.07, 6.45) is 4.05. The Hall–Kier alpha value is -1.51. The standard InChI is InChI=1S/C19H27FN2O4S/c1-27(24,25)22-10-2-3-15(13-22)18(23)21-14-19(8-11-26-12-9-19)16-4-6-17(20)7-5-16/h4-7,15H,2-3,8-14H2,1H3,(H,21,23)/t15-/m1/s1. The number of piperidine rings is 1. The monoisotopic (exact) mass is 398 g/mol. The molecule has 6 nitrogen and oxygen atoms in total. The summed E-state index contributed by atoms with van der Waals surface area (Å²) >= 11 is 0. The first-order chi connectivity index (χ1) is 12.8. The third-order valence-electron chi connectivity index (χ3n) is 5.73. The van der Waals surface area contributed by atoms with E-state index in [4.69, 9.17) is 4.74 Å². The first-order valence-electron chi connectivity index (χ1n) is 9.37. The number of rotatable bonds is 5. The summed E-state index contributed by atoms with van der Waals surface area (Å²) < 4.78 is 43.7. The number of carbonyl (C=O) groups excluding carboxylic acids is 1. The number of hydrogen-bond donors (Lipinski definition) is 1. The van der Waals surface area contributed by atoms with Crippen molar-refractivity contribution in [2.24, 2.45) is 5.92 Å². The molecule has 0 bridgehead atoms. The first-order valence-corrected chi connectivity index (χ1v) is 11.2. The maximum Gasteiger partial charge on any atom is 0.224 e. The summed E-state index contributed by atoms with van der Waals surface area (Å²) in [4.78, 5) is 12.7. The lowest BCUT2D eigenvalue weighted by molar-refractivity contribution is -0.126. The van der Waals surface area contributed by atoms with Crippen molar-refractivity contribution in [3.05, 3.63) is 35.6 Å². The van der Waals surface area contributed by atoms with Crippen LogP contribution in [-0.2, 0) is 25.0 Å². The summed E-state index contributed by atoms with van der Waals surface area (Å²) in [7, 11) is -3.29. The Morgan fingerprint density at radius 1 is 1.30 bits per heavy atom. The van der Waals surface area contributed by atoms with E-state index in [0.717, 1.165) is 18.4 Å². The van der Waals surface area contributed by atoms with Gasteiger partial charge in [0, 0.05) is 38.3 Å². The van der Waals surface area contributed by atoms with Crippen LogP contribution in [0, 0.1) is 11.7 Å². The summed E-state index contributed by atoms with van der Waals surface area (Å²) in [5.74, 6) is -0.733. The average molecular weight is 399 g/mol. The van der Waals surface area contributed by atoms with Crippen molar-refractivity contribution < 1.29 is 22.3 Å². The number of carbonyl (C=O) groups is 1. The molecule has 1 aromatic rings. The van der Waals surface area contributed by atoms with Crippen LogP contribution in [0.3, 0.4) is 0 Å². The second-order valence-corrected chi connectivity index (χ2v) is 9.56. The summed E-state index contributed by atoms with van der Waals surface area (Å²) in [5, 5.41) is 3.04. The Morgan fingerprint density at radius 2 is 1.96 bits per heavy atom. The van der Waals surface area contributed by atoms with Crippen molar-refractivity contribution in [2.45, 2.75) is 31.1 Å². The second-order valence-electron chi connectivity index (χ2n) is 7.58. The minimum atomic E-state index is -3.29. The van der Waals surface area contributed by atoms with Crippen LogP contribution in [0.5, 0.6) is 0 Å². The van der Waals surface area contributed by atoms with Crippen LogP contribution in [0.1, 0.15) is 31.2 Å². The topological polar surface area (TPSA) is 75.7 Å². The van der Waals surface area contributed by atoms with Gasteiger partial charge in [0.2, 0.25) is 15.9 Å². The molecule has 0 saturated carbocycles. The van der Waals surface area contributed by atoms with E-state index in [1.807, 2.05) is 0 Å². The predicted octanol–water partition coefficient (Wildman–Crippen LogP) is 1.66. The molecule has 2 heterocycles. The minimum Gasteiger partial charge on any atom is -0.381 e. The number of sulfonamides is 1. The molecule has 2 saturated heterocycles. The lowest BCUT2D eigenvalue weighted by Gasteiger charge is -2.38. The number of halogens is 1. The van der Waals surface area contributed by atoms with Crippen LogP contribution < -0.4 is 5.32 Å². The van der Waals surface area contributed by atoms with Crippen molar-refractivity contribution >= 4 is 15.9 Å². The van der Waals surface area contributed by atoms with E-state index >= 15 is 0 Å². The van der Waals surface area contributed by atoms with E-state index in [-0.39, 0.29) is 29.6 Å². The molecule has 27 heavy (non-hydrogen) atoms. The van der Waals surface area contributed by atoms with Crippen molar-refractivity contribution in [1.29, 1.82) is 0 Å². The van der Waals surface area contributed by atoms with Crippen molar-refractivity contribution in [3.8, 4) is 0 Å². The molecule has 2 aliphatic rings. The zero-order valence-electron chi connectivity index (χ0n) is 15.6. The highest BCUT2D eigenvalue weighted by Crippen LogP contribution is 2.34. The molecule has 3 rings (SSSR count). The molecule has 1 aromatic carbocycles. The highest BCUT2D eigenvalue weighted by atomic mass is 32.2. The Labute approximate surface area is 160 Å². The Morgan fingerprint density at radius 3 is 2.59 bits per heavy atom. The van der Waals surface area contributed by atoms with Crippen LogP contribution in [0.15, 0.2) is 24.3 Å². The number of benzene rings is 1. The zero-order valence-corrected chi connectivity index (χ0v) is 16.4. The zero-order chi connectivity index (χ0) is 19.5. The van der Waals surface area contributed by atoms with Gasteiger partial charge in [-0.25, -0.2) is 17.1 Å². The normalized spacial score (nSPS) is 23.7. The molecule has 2 aliphatic heterocycles. The fourth-order valence-corrected chi connectivity index (χ4v) is 4.90. The SMILES string of the molecule is CS(=O)(=O)N1CCC[C@@H](C(=O)NCC2(c3ccc(F)cc3)CCOCC2)C1. The summed E-state index contributed by atoms with van der Waals surface area (Å²) in [6, 6.07) is 6.44. The van der Waals surface area contributed by atoms with Crippen LogP contribution in [-0.4, -0.2) is 57.7 Å². The van der Waals surface area contributed by atoms with Gasteiger partial charge in [0.25, 0.3) is 0 Å². The van der Waals surface area contributed by atoms with E-state index in [2.05, 4.69) is 5.32 Å². The van der Waals surface area contributed by atoms with Gasteiger partial charge in [-0.3, -0.25) is 4.79 Å². The highest BCUT2D eigenvalue weighted by molar-refractivity contribution is 7.88. The van der Waals surface area contributed by atoms with Gasteiger partial charge in [-0.1, -0.05) is 12.1 Å². The van der Waals surface area contributed by atoms with Gasteiger partial charge in [0.05, 0.1) is 12.2 Å². The number of nitrogens with one attached hydrogen (secondary N) is 1. The molecule has 0 aliphatic carbocycles. The van der Waals surface area contributed by atoms with Gasteiger partial charge >= 0.3 is 0 Å². The lowest BCUT2D eigenvalue weighted by atomic mass is 9.74. The summed E-state index contributed by atoms with van der Waals surface area (Å²) in [5.41, 5.74) is 0.709. The predicted molar refractivity (Wildman–Crippen MR) is 100 cm³/mol. The van der Waals surface area contributed by atoms with Gasteiger partial charge in [-0.15, -0.1) is 0 Å². The first kappa shape index (κ1) is 20.2. The molecular formula is C19H27FN2O4S. The molecule has 1 atom stereocenters. The maximum atomic E-state index is 13.3. The molecule has 1 N–H and O–H groups in total. The Kier molecular flexibility index (Phi) is 6.18. The molecule has 0 spiro atoms. The molecule has 2 fully saturated rings. The molecule has 8 heteroatoms. The number of amides is 1. The van der Waals surface area contributed by atoms with Gasteiger partial charge in [-0.2, -0.15) is 0 Å². The molecule has 150 valence electrons. The number of hydrogen-bond acceptors (Lipinski definition) is 4. The smallest absolute Gasteiger partial charge is 0.224 e. The highest BCUT2D eigenvalue weighted by Gasteiger charge is 2.36. The third kappa shape index (κ3) is 4.86. The third-order valence-corrected chi connectivity index (χ3v) is 7.00. The van der Waals surface area contributed by atoms with Gasteiger partial charge < -0.3 is 10.1 Å². The van der Waals surface area contributed by atoms with Crippen LogP contribution in [0.2, 0.25) is 0 Å². The summed E-state index contributed by atoms with van der Waals surface area (Å²) in [6.45, 7) is 2.34. The van der Waals surface area contributed by atoms with Crippen molar-refractivity contribution in [3.63, 3.8) is 0 Å². The van der Waals surface area contributed by atoms with Gasteiger partial charge in [-0.05, 0) is 43.4 Å². The molecular weight excluding hydrogens is 371 g/mol. The Bertz CT molecular complexity index is 760. The second kappa shape index (κ2) is 8.24. The Balaban J connectivity index is 1.68.